The lowest BCUT2D eigenvalue weighted by Gasteiger charge is -2.49. The maximum Gasteiger partial charge on any atom is 0.319 e. The molecule has 20 atom stereocenters. The maximum absolute atomic E-state index is 14.5. The van der Waals surface area contributed by atoms with Crippen molar-refractivity contribution < 1.29 is 181 Å². The van der Waals surface area contributed by atoms with E-state index in [1.807, 2.05) is 0 Å². The summed E-state index contributed by atoms with van der Waals surface area (Å²) in [6, 6.07) is -1.91. The topological polar surface area (TPSA) is 507 Å². The smallest absolute Gasteiger partial charge is 0.319 e. The van der Waals surface area contributed by atoms with Crippen LogP contribution in [-0.2, 0) is 171 Å². The molecule has 0 bridgehead atoms. The molecule has 5 heterocycles. The van der Waals surface area contributed by atoms with Gasteiger partial charge in [0.1, 0.15) is 63.1 Å². The Morgan fingerprint density at radius 1 is 0.269 bits per heavy atom. The number of nitrogens with zero attached hydrogens (tertiary/aromatic N) is 2. The van der Waals surface area contributed by atoms with Crippen LogP contribution in [0.2, 0.25) is 0 Å². The van der Waals surface area contributed by atoms with E-state index >= 15 is 0 Å². The molecule has 2 N–H and O–H groups in total. The molecule has 0 aromatic carbocycles. The summed E-state index contributed by atoms with van der Waals surface area (Å²) in [5.74, 6) is -13.6. The van der Waals surface area contributed by atoms with Crippen LogP contribution in [0.1, 0.15) is 96.9 Å². The van der Waals surface area contributed by atoms with Gasteiger partial charge >= 0.3 is 95.6 Å². The van der Waals surface area contributed by atoms with Gasteiger partial charge < -0.3 is 125 Å². The van der Waals surface area contributed by atoms with Crippen molar-refractivity contribution >= 4 is 95.6 Å². The van der Waals surface area contributed by atoms with Crippen molar-refractivity contribution in [1.29, 1.82) is 0 Å². The largest absolute Gasteiger partial charge is 0.463 e. The minimum Gasteiger partial charge on any atom is -0.463 e. The Labute approximate surface area is 594 Å². The van der Waals surface area contributed by atoms with Crippen molar-refractivity contribution in [2.75, 3.05) is 79.0 Å². The minimum absolute atomic E-state index is 0.243. The van der Waals surface area contributed by atoms with E-state index in [0.29, 0.717) is 0 Å². The van der Waals surface area contributed by atoms with Crippen molar-refractivity contribution in [3.8, 4) is 0 Å². The Bertz CT molecular complexity index is 2870. The molecule has 5 rings (SSSR count). The Hall–Kier alpha value is -9.20. The van der Waals surface area contributed by atoms with Gasteiger partial charge in [-0.1, -0.05) is 0 Å². The van der Waals surface area contributed by atoms with Crippen molar-refractivity contribution in [1.82, 2.24) is 20.4 Å². The van der Waals surface area contributed by atoms with E-state index in [1.54, 1.807) is 0 Å². The molecule has 42 nitrogen and oxygen atoms in total. The van der Waals surface area contributed by atoms with E-state index in [0.717, 1.165) is 96.9 Å². The van der Waals surface area contributed by atoms with Crippen LogP contribution in [0.15, 0.2) is 0 Å². The summed E-state index contributed by atoms with van der Waals surface area (Å²) < 4.78 is 126. The third-order valence-electron chi connectivity index (χ3n) is 15.0. The number of amides is 4. The fourth-order valence-corrected chi connectivity index (χ4v) is 11.2. The zero-order chi connectivity index (χ0) is 77.4. The fourth-order valence-electron chi connectivity index (χ4n) is 11.2. The number of nitrogens with one attached hydrogen (secondary N) is 2. The van der Waals surface area contributed by atoms with Gasteiger partial charge in [0.05, 0.1) is 26.4 Å². The summed E-state index contributed by atoms with van der Waals surface area (Å²) in [6.45, 7) is 8.87. The minimum atomic E-state index is -1.99. The molecule has 4 amide bonds. The van der Waals surface area contributed by atoms with E-state index in [1.165, 1.54) is 9.80 Å². The molecule has 0 aromatic heterocycles. The molecule has 104 heavy (non-hydrogen) atoms. The number of carbonyl (C=O) groups excluding carboxylic acids is 16. The number of urea groups is 2. The standard InChI is InChI=1S/C62H88N4O38/c1-27(67)85-23-41-47(103-59-55(97-39(13)79)51(93-35(9)75)45(89-31(5)71)43(101-59)25-87-29(3)69)49(91-33(7)73)53(95-37(11)77)57(99-41)63-61(81)65-15-19-83-21-17-66(18-22-84-20-16-65)62(82)64-58-54(96-38(12)78)50(92-34(8)74)48(42(100-58)24-86-28(2)68)104-60-56(98-40(14)80)52(94-36(10)76)46(90-32(6)72)44(102-60)26-88-30(4)70/h41-60H,15-26H2,1-14H3,(H,63,81)(H,64,82)/t41-,42-,43-,44-,45-,46-,47-,48-,49+,50+,51+,52+,53-,54-,55-,56-,57-,58-,59+,60+/m1/s1. The number of carbonyl (C=O) groups is 16. The highest BCUT2D eigenvalue weighted by Gasteiger charge is 2.60. The zero-order valence-electron chi connectivity index (χ0n) is 59.4. The molecule has 584 valence electrons. The lowest BCUT2D eigenvalue weighted by Crippen LogP contribution is -2.69. The van der Waals surface area contributed by atoms with Gasteiger partial charge in [0.2, 0.25) is 0 Å². The molecule has 5 saturated heterocycles. The molecule has 5 fully saturated rings. The molecule has 5 aliphatic heterocycles. The van der Waals surface area contributed by atoms with Crippen LogP contribution in [0.25, 0.3) is 0 Å². The van der Waals surface area contributed by atoms with Crippen LogP contribution in [0, 0.1) is 0 Å². The highest BCUT2D eigenvalue weighted by molar-refractivity contribution is 5.76. The molecule has 0 unspecified atom stereocenters. The zero-order valence-corrected chi connectivity index (χ0v) is 59.4. The first-order chi connectivity index (χ1) is 48.9. The first-order valence-corrected chi connectivity index (χ1v) is 32.4. The number of rotatable bonds is 24. The monoisotopic (exact) mass is 1500 g/mol. The van der Waals surface area contributed by atoms with Crippen LogP contribution in [-0.4, -0.2) is 307 Å². The Morgan fingerprint density at radius 2 is 0.481 bits per heavy atom. The number of ether oxygens (including phenoxy) is 22. The van der Waals surface area contributed by atoms with E-state index < -0.39 is 245 Å². The van der Waals surface area contributed by atoms with Crippen molar-refractivity contribution in [2.45, 2.75) is 220 Å². The van der Waals surface area contributed by atoms with Gasteiger partial charge in [0.15, 0.2) is 86.1 Å². The quantitative estimate of drug-likeness (QED) is 0.0733. The third kappa shape index (κ3) is 26.8. The Kier molecular flexibility index (Phi) is 33.5. The predicted molar refractivity (Wildman–Crippen MR) is 328 cm³/mol. The van der Waals surface area contributed by atoms with Gasteiger partial charge in [0.25, 0.3) is 0 Å². The highest BCUT2D eigenvalue weighted by atomic mass is 16.8. The normalized spacial score (nSPS) is 30.1. The van der Waals surface area contributed by atoms with Gasteiger partial charge in [-0.3, -0.25) is 67.1 Å². The third-order valence-corrected chi connectivity index (χ3v) is 15.0. The van der Waals surface area contributed by atoms with Gasteiger partial charge in [-0.2, -0.15) is 0 Å². The van der Waals surface area contributed by atoms with Crippen molar-refractivity contribution in [3.05, 3.63) is 0 Å². The van der Waals surface area contributed by atoms with Gasteiger partial charge in [-0.05, 0) is 0 Å². The van der Waals surface area contributed by atoms with Gasteiger partial charge in [-0.15, -0.1) is 0 Å². The summed E-state index contributed by atoms with van der Waals surface area (Å²) >= 11 is 0. The summed E-state index contributed by atoms with van der Waals surface area (Å²) in [6.07, 6.45) is -35.8. The van der Waals surface area contributed by atoms with Crippen LogP contribution in [0.4, 0.5) is 9.59 Å². The lowest BCUT2D eigenvalue weighted by molar-refractivity contribution is -0.345. The lowest BCUT2D eigenvalue weighted by atomic mass is 9.95. The highest BCUT2D eigenvalue weighted by Crippen LogP contribution is 2.38. The predicted octanol–water partition coefficient (Wildman–Crippen LogP) is -2.70. The molecule has 0 saturated carbocycles. The van der Waals surface area contributed by atoms with E-state index in [2.05, 4.69) is 10.6 Å². The summed E-state index contributed by atoms with van der Waals surface area (Å²) in [5, 5.41) is 5.17. The van der Waals surface area contributed by atoms with Crippen LogP contribution < -0.4 is 10.6 Å². The van der Waals surface area contributed by atoms with Crippen LogP contribution >= 0.6 is 0 Å². The molecular formula is C62H88N4O38. The van der Waals surface area contributed by atoms with E-state index in [-0.39, 0.29) is 52.6 Å². The van der Waals surface area contributed by atoms with Gasteiger partial charge in [0, 0.05) is 123 Å². The summed E-state index contributed by atoms with van der Waals surface area (Å²) in [5.41, 5.74) is 0. The number of esters is 14. The number of hydrogen-bond acceptors (Lipinski definition) is 38. The molecule has 5 aliphatic rings. The molecule has 0 spiro atoms. The second-order valence-electron chi connectivity index (χ2n) is 23.5. The van der Waals surface area contributed by atoms with Crippen LogP contribution in [0.3, 0.4) is 0 Å². The second kappa shape index (κ2) is 40.7. The summed E-state index contributed by atoms with van der Waals surface area (Å²) in [7, 11) is 0. The summed E-state index contributed by atoms with van der Waals surface area (Å²) in [4.78, 5) is 208. The maximum atomic E-state index is 14.5. The Morgan fingerprint density at radius 3 is 0.721 bits per heavy atom. The van der Waals surface area contributed by atoms with Crippen LogP contribution in [0.5, 0.6) is 0 Å². The van der Waals surface area contributed by atoms with Crippen molar-refractivity contribution in [2.24, 2.45) is 0 Å². The second-order valence-corrected chi connectivity index (χ2v) is 23.5. The average Bonchev–Trinajstić information content (AvgIpc) is 0.774. The SMILES string of the molecule is CC(=O)OC[C@H]1O[C@@H](NC(=O)N2CCOCCN(C(=O)N[C@@H]3O[C@H](COC(C)=O)[C@@H](O[C@@H]4O[C@H](COC(C)=O)[C@@H](OC(C)=O)[C@H](OC(C)=O)[C@H]4OC(C)=O)[C@H](OC(C)=O)[C@H]3OC(C)=O)CCOCC2)[C@H](OC(C)=O)[C@@H](OC(C)=O)[C@@H]1O[C@@H]1O[C@H](COC(C)=O)[C@@H](OC(C)=O)[C@H](OC(C)=O)[C@H]1OC(C)=O. The molecule has 42 heteroatoms. The molecule has 0 radical (unpaired) electrons. The number of hydrogen-bond donors (Lipinski definition) is 2. The van der Waals surface area contributed by atoms with Crippen molar-refractivity contribution in [3.63, 3.8) is 0 Å². The first-order valence-electron chi connectivity index (χ1n) is 32.4. The average molecular weight is 1500 g/mol. The van der Waals surface area contributed by atoms with E-state index in [4.69, 9.17) is 104 Å². The molecule has 0 aromatic rings. The Balaban J connectivity index is 1.40. The van der Waals surface area contributed by atoms with Gasteiger partial charge in [-0.25, -0.2) is 9.59 Å². The fraction of sp³-hybridized carbons (Fsp3) is 0.742. The first kappa shape index (κ1) is 85.4. The molecular weight excluding hydrogens is 1410 g/mol. The van der Waals surface area contributed by atoms with E-state index in [9.17, 15) is 76.7 Å². The molecule has 0 aliphatic carbocycles.